The summed E-state index contributed by atoms with van der Waals surface area (Å²) in [7, 11) is 0. The molecule has 0 bridgehead atoms. The summed E-state index contributed by atoms with van der Waals surface area (Å²) in [6, 6.07) is -0.337. The molecule has 0 radical (unpaired) electrons. The van der Waals surface area contributed by atoms with Crippen molar-refractivity contribution in [3.63, 3.8) is 0 Å². The number of hydrogen-bond donors (Lipinski definition) is 4. The Morgan fingerprint density at radius 2 is 2.35 bits per heavy atom. The van der Waals surface area contributed by atoms with Crippen molar-refractivity contribution in [2.75, 3.05) is 0 Å². The standard InChI is InChI=1S/C9H16N6O2/c1-5(6-11-4-12-14-6)13-8(16)9(2,3)7(10)15-17/h4-5,17H,1-3H3,(H2,10,15)(H,13,16)(H,11,12,14). The summed E-state index contributed by atoms with van der Waals surface area (Å²) in [5.41, 5.74) is 4.36. The maximum absolute atomic E-state index is 11.9. The normalized spacial score (nSPS) is 14.4. The second kappa shape index (κ2) is 4.81. The Bertz CT molecular complexity index is 411. The maximum atomic E-state index is 11.9. The number of aromatic amines is 1. The lowest BCUT2D eigenvalue weighted by molar-refractivity contribution is -0.127. The monoisotopic (exact) mass is 240 g/mol. The van der Waals surface area contributed by atoms with Gasteiger partial charge in [-0.15, -0.1) is 0 Å². The molecule has 0 aliphatic heterocycles. The smallest absolute Gasteiger partial charge is 0.233 e. The van der Waals surface area contributed by atoms with Crippen molar-refractivity contribution in [1.82, 2.24) is 20.5 Å². The average Bonchev–Trinajstić information content (AvgIpc) is 2.81. The van der Waals surface area contributed by atoms with Crippen LogP contribution in [0.4, 0.5) is 0 Å². The number of carbonyl (C=O) groups excluding carboxylic acids is 1. The fraction of sp³-hybridized carbons (Fsp3) is 0.556. The number of nitrogens with one attached hydrogen (secondary N) is 2. The fourth-order valence-corrected chi connectivity index (χ4v) is 1.11. The highest BCUT2D eigenvalue weighted by molar-refractivity contribution is 6.05. The van der Waals surface area contributed by atoms with Gasteiger partial charge in [0.05, 0.1) is 6.04 Å². The van der Waals surface area contributed by atoms with Gasteiger partial charge in [0, 0.05) is 0 Å². The highest BCUT2D eigenvalue weighted by atomic mass is 16.4. The molecule has 1 unspecified atom stereocenters. The van der Waals surface area contributed by atoms with Gasteiger partial charge >= 0.3 is 0 Å². The molecular formula is C9H16N6O2. The van der Waals surface area contributed by atoms with Crippen molar-refractivity contribution >= 4 is 11.7 Å². The largest absolute Gasteiger partial charge is 0.409 e. The van der Waals surface area contributed by atoms with Gasteiger partial charge in [0.2, 0.25) is 5.91 Å². The summed E-state index contributed by atoms with van der Waals surface area (Å²) < 4.78 is 0. The van der Waals surface area contributed by atoms with Crippen molar-refractivity contribution in [1.29, 1.82) is 0 Å². The molecule has 8 heteroatoms. The number of amides is 1. The molecule has 94 valence electrons. The third-order valence-corrected chi connectivity index (χ3v) is 2.51. The molecule has 1 amide bonds. The van der Waals surface area contributed by atoms with Gasteiger partial charge in [-0.25, -0.2) is 4.98 Å². The molecule has 0 saturated heterocycles. The summed E-state index contributed by atoms with van der Waals surface area (Å²) in [6.45, 7) is 4.87. The predicted octanol–water partition coefficient (Wildman–Crippen LogP) is -0.245. The molecule has 1 rings (SSSR count). The second-order valence-corrected chi connectivity index (χ2v) is 4.18. The van der Waals surface area contributed by atoms with Gasteiger partial charge in [-0.3, -0.25) is 9.89 Å². The Morgan fingerprint density at radius 1 is 1.71 bits per heavy atom. The van der Waals surface area contributed by atoms with Crippen LogP contribution in [0.25, 0.3) is 0 Å². The Labute approximate surface area is 98.3 Å². The SMILES string of the molecule is CC(NC(=O)C(C)(C)C(N)=NO)c1ncn[nH]1. The van der Waals surface area contributed by atoms with E-state index >= 15 is 0 Å². The minimum atomic E-state index is -1.09. The van der Waals surface area contributed by atoms with E-state index in [-0.39, 0.29) is 17.8 Å². The van der Waals surface area contributed by atoms with Crippen LogP contribution in [0, 0.1) is 5.41 Å². The second-order valence-electron chi connectivity index (χ2n) is 4.18. The lowest BCUT2D eigenvalue weighted by atomic mass is 9.90. The first kappa shape index (κ1) is 12.9. The highest BCUT2D eigenvalue weighted by Gasteiger charge is 2.33. The topological polar surface area (TPSA) is 129 Å². The summed E-state index contributed by atoms with van der Waals surface area (Å²) in [5.74, 6) is 0.0186. The maximum Gasteiger partial charge on any atom is 0.233 e. The molecule has 0 spiro atoms. The van der Waals surface area contributed by atoms with E-state index in [4.69, 9.17) is 10.9 Å². The molecule has 0 aliphatic rings. The van der Waals surface area contributed by atoms with Gasteiger partial charge in [-0.05, 0) is 20.8 Å². The number of oxime groups is 1. The Morgan fingerprint density at radius 3 is 2.82 bits per heavy atom. The van der Waals surface area contributed by atoms with Crippen LogP contribution in [-0.4, -0.2) is 32.1 Å². The van der Waals surface area contributed by atoms with E-state index in [1.54, 1.807) is 20.8 Å². The third kappa shape index (κ3) is 2.71. The van der Waals surface area contributed by atoms with Crippen LogP contribution in [0.2, 0.25) is 0 Å². The van der Waals surface area contributed by atoms with E-state index in [0.29, 0.717) is 5.82 Å². The molecule has 0 saturated carbocycles. The lowest BCUT2D eigenvalue weighted by Crippen LogP contribution is -2.46. The number of nitrogens with two attached hydrogens (primary N) is 1. The van der Waals surface area contributed by atoms with E-state index in [2.05, 4.69) is 25.7 Å². The Kier molecular flexibility index (Phi) is 3.66. The summed E-state index contributed by atoms with van der Waals surface area (Å²) >= 11 is 0. The van der Waals surface area contributed by atoms with Crippen LogP contribution in [-0.2, 0) is 4.79 Å². The molecule has 1 atom stereocenters. The van der Waals surface area contributed by atoms with Gasteiger partial charge in [0.1, 0.15) is 17.6 Å². The average molecular weight is 240 g/mol. The number of hydrogen-bond acceptors (Lipinski definition) is 5. The van der Waals surface area contributed by atoms with Crippen LogP contribution in [0.3, 0.4) is 0 Å². The predicted molar refractivity (Wildman–Crippen MR) is 60.1 cm³/mol. The lowest BCUT2D eigenvalue weighted by Gasteiger charge is -2.23. The molecule has 1 heterocycles. The molecular weight excluding hydrogens is 224 g/mol. The van der Waals surface area contributed by atoms with Gasteiger partial charge in [-0.1, -0.05) is 5.16 Å². The van der Waals surface area contributed by atoms with Crippen LogP contribution in [0.5, 0.6) is 0 Å². The van der Waals surface area contributed by atoms with E-state index < -0.39 is 5.41 Å². The van der Waals surface area contributed by atoms with Crippen LogP contribution in [0.1, 0.15) is 32.6 Å². The minimum Gasteiger partial charge on any atom is -0.409 e. The summed E-state index contributed by atoms with van der Waals surface area (Å²) in [4.78, 5) is 15.8. The molecule has 0 aromatic carbocycles. The molecule has 0 fully saturated rings. The number of nitrogens with zero attached hydrogens (tertiary/aromatic N) is 3. The zero-order valence-corrected chi connectivity index (χ0v) is 9.93. The molecule has 8 nitrogen and oxygen atoms in total. The highest BCUT2D eigenvalue weighted by Crippen LogP contribution is 2.17. The molecule has 5 N–H and O–H groups in total. The van der Waals surface area contributed by atoms with Gasteiger partial charge < -0.3 is 16.3 Å². The minimum absolute atomic E-state index is 0.153. The Balaban J connectivity index is 2.73. The van der Waals surface area contributed by atoms with Crippen molar-refractivity contribution in [2.24, 2.45) is 16.3 Å². The zero-order valence-electron chi connectivity index (χ0n) is 9.93. The number of aromatic nitrogens is 3. The van der Waals surface area contributed by atoms with E-state index in [1.165, 1.54) is 6.33 Å². The van der Waals surface area contributed by atoms with E-state index in [1.807, 2.05) is 0 Å². The molecule has 17 heavy (non-hydrogen) atoms. The van der Waals surface area contributed by atoms with Gasteiger partial charge in [-0.2, -0.15) is 5.10 Å². The van der Waals surface area contributed by atoms with Gasteiger partial charge in [0.25, 0.3) is 0 Å². The first-order valence-corrected chi connectivity index (χ1v) is 5.03. The fourth-order valence-electron chi connectivity index (χ4n) is 1.11. The van der Waals surface area contributed by atoms with E-state index in [0.717, 1.165) is 0 Å². The number of rotatable bonds is 4. The molecule has 0 aliphatic carbocycles. The van der Waals surface area contributed by atoms with Crippen molar-refractivity contribution < 1.29 is 10.0 Å². The third-order valence-electron chi connectivity index (χ3n) is 2.51. The van der Waals surface area contributed by atoms with Crippen LogP contribution >= 0.6 is 0 Å². The Hall–Kier alpha value is -2.12. The van der Waals surface area contributed by atoms with Gasteiger partial charge in [0.15, 0.2) is 5.84 Å². The number of H-pyrrole nitrogens is 1. The zero-order chi connectivity index (χ0) is 13.1. The van der Waals surface area contributed by atoms with Crippen molar-refractivity contribution in [3.05, 3.63) is 12.2 Å². The summed E-state index contributed by atoms with van der Waals surface area (Å²) in [5, 5.41) is 20.5. The van der Waals surface area contributed by atoms with Crippen LogP contribution in [0.15, 0.2) is 11.5 Å². The number of amidine groups is 1. The van der Waals surface area contributed by atoms with E-state index in [9.17, 15) is 4.79 Å². The number of carbonyl (C=O) groups is 1. The van der Waals surface area contributed by atoms with Crippen molar-refractivity contribution in [3.8, 4) is 0 Å². The quantitative estimate of drug-likeness (QED) is 0.250. The first-order valence-electron chi connectivity index (χ1n) is 5.03. The molecule has 1 aromatic rings. The molecule has 1 aromatic heterocycles. The first-order chi connectivity index (χ1) is 7.89. The summed E-state index contributed by atoms with van der Waals surface area (Å²) in [6.07, 6.45) is 1.35. The van der Waals surface area contributed by atoms with Crippen molar-refractivity contribution in [2.45, 2.75) is 26.8 Å². The van der Waals surface area contributed by atoms with Crippen LogP contribution < -0.4 is 11.1 Å².